The van der Waals surface area contributed by atoms with E-state index in [4.69, 9.17) is 14.2 Å². The van der Waals surface area contributed by atoms with Crippen LogP contribution in [0.5, 0.6) is 17.2 Å². The minimum absolute atomic E-state index is 0.0138. The molecule has 0 bridgehead atoms. The zero-order valence-electron chi connectivity index (χ0n) is 14.0. The van der Waals surface area contributed by atoms with Gasteiger partial charge in [0.1, 0.15) is 11.5 Å². The maximum Gasteiger partial charge on any atom is 0.167 e. The van der Waals surface area contributed by atoms with Crippen LogP contribution in [0.25, 0.3) is 0 Å². The Morgan fingerprint density at radius 3 is 2.09 bits per heavy atom. The summed E-state index contributed by atoms with van der Waals surface area (Å²) in [4.78, 5) is 11.9. The maximum absolute atomic E-state index is 11.9. The lowest BCUT2D eigenvalue weighted by atomic mass is 9.72. The fourth-order valence-corrected chi connectivity index (χ4v) is 3.67. The molecule has 0 saturated carbocycles. The summed E-state index contributed by atoms with van der Waals surface area (Å²) < 4.78 is 16.5. The molecule has 1 aliphatic rings. The quantitative estimate of drug-likeness (QED) is 0.925. The van der Waals surface area contributed by atoms with Crippen molar-refractivity contribution in [3.8, 4) is 17.2 Å². The first-order valence-corrected chi connectivity index (χ1v) is 7.38. The number of ketones is 1. The van der Waals surface area contributed by atoms with Crippen LogP contribution in [0.3, 0.4) is 0 Å². The van der Waals surface area contributed by atoms with E-state index >= 15 is 0 Å². The molecule has 1 aromatic rings. The standard InChI is InChI=1S/C17H24O5/c1-8-7-11-13(14(19)12(8)10(3)18)15(20-4)9(2)16(21-5)17(11)22-6/h8,12,14,19H,7H2,1-6H3/t8-,12-,14+/m0/s1. The van der Waals surface area contributed by atoms with Crippen LogP contribution in [-0.2, 0) is 11.2 Å². The molecular weight excluding hydrogens is 284 g/mol. The molecule has 122 valence electrons. The summed E-state index contributed by atoms with van der Waals surface area (Å²) in [5.41, 5.74) is 2.27. The van der Waals surface area contributed by atoms with Crippen LogP contribution in [-0.4, -0.2) is 32.2 Å². The summed E-state index contributed by atoms with van der Waals surface area (Å²) in [5, 5.41) is 10.8. The molecule has 5 nitrogen and oxygen atoms in total. The van der Waals surface area contributed by atoms with Crippen LogP contribution >= 0.6 is 0 Å². The number of Topliss-reactive ketones (excluding diaryl/α,β-unsaturated/α-hetero) is 1. The number of aliphatic hydroxyl groups excluding tert-OH is 1. The van der Waals surface area contributed by atoms with Gasteiger partial charge in [-0.1, -0.05) is 6.92 Å². The van der Waals surface area contributed by atoms with Crippen molar-refractivity contribution in [1.29, 1.82) is 0 Å². The third kappa shape index (κ3) is 2.33. The minimum atomic E-state index is -0.898. The number of methoxy groups -OCH3 is 3. The molecule has 1 aromatic carbocycles. The van der Waals surface area contributed by atoms with Crippen LogP contribution in [0, 0.1) is 18.8 Å². The van der Waals surface area contributed by atoms with Crippen LogP contribution in [0.4, 0.5) is 0 Å². The molecule has 22 heavy (non-hydrogen) atoms. The third-order valence-electron chi connectivity index (χ3n) is 4.59. The Balaban J connectivity index is 2.78. The lowest BCUT2D eigenvalue weighted by molar-refractivity contribution is -0.127. The summed E-state index contributed by atoms with van der Waals surface area (Å²) >= 11 is 0. The Hall–Kier alpha value is -1.75. The summed E-state index contributed by atoms with van der Waals surface area (Å²) in [6, 6.07) is 0. The van der Waals surface area contributed by atoms with Gasteiger partial charge >= 0.3 is 0 Å². The number of benzene rings is 1. The second kappa shape index (κ2) is 6.16. The molecule has 1 N–H and O–H groups in total. The van der Waals surface area contributed by atoms with Crippen molar-refractivity contribution in [2.24, 2.45) is 11.8 Å². The van der Waals surface area contributed by atoms with Crippen LogP contribution < -0.4 is 14.2 Å². The fraction of sp³-hybridized carbons (Fsp3) is 0.588. The average molecular weight is 308 g/mol. The van der Waals surface area contributed by atoms with E-state index in [9.17, 15) is 9.90 Å². The molecule has 0 aromatic heterocycles. The minimum Gasteiger partial charge on any atom is -0.496 e. The molecule has 2 rings (SSSR count). The lowest BCUT2D eigenvalue weighted by Crippen LogP contribution is -2.33. The SMILES string of the molecule is COc1c(C)c(OC)c2c(c1OC)C[C@H](C)[C@@H](C(C)=O)[C@H]2O. The molecule has 0 spiro atoms. The number of hydrogen-bond donors (Lipinski definition) is 1. The van der Waals surface area contributed by atoms with Gasteiger partial charge in [-0.25, -0.2) is 0 Å². The van der Waals surface area contributed by atoms with Gasteiger partial charge in [0.05, 0.1) is 33.4 Å². The first-order chi connectivity index (χ1) is 10.4. The zero-order chi connectivity index (χ0) is 16.6. The topological polar surface area (TPSA) is 65.0 Å². The van der Waals surface area contributed by atoms with E-state index < -0.39 is 12.0 Å². The molecule has 3 atom stereocenters. The molecule has 0 saturated heterocycles. The van der Waals surface area contributed by atoms with Crippen molar-refractivity contribution in [3.63, 3.8) is 0 Å². The number of carbonyl (C=O) groups excluding carboxylic acids is 1. The molecule has 0 unspecified atom stereocenters. The molecule has 0 heterocycles. The van der Waals surface area contributed by atoms with Crippen molar-refractivity contribution in [2.75, 3.05) is 21.3 Å². The monoisotopic (exact) mass is 308 g/mol. The number of fused-ring (bicyclic) bond motifs is 1. The Morgan fingerprint density at radius 1 is 1.09 bits per heavy atom. The zero-order valence-corrected chi connectivity index (χ0v) is 14.0. The highest BCUT2D eigenvalue weighted by molar-refractivity contribution is 5.81. The molecular formula is C17H24O5. The molecule has 0 aliphatic heterocycles. The van der Waals surface area contributed by atoms with Crippen LogP contribution in [0.1, 0.15) is 36.6 Å². The van der Waals surface area contributed by atoms with E-state index in [0.29, 0.717) is 29.2 Å². The Kier molecular flexibility index (Phi) is 4.66. The highest BCUT2D eigenvalue weighted by atomic mass is 16.5. The molecule has 0 radical (unpaired) electrons. The van der Waals surface area contributed by atoms with E-state index in [1.807, 2.05) is 13.8 Å². The van der Waals surface area contributed by atoms with E-state index in [1.54, 1.807) is 21.3 Å². The third-order valence-corrected chi connectivity index (χ3v) is 4.59. The fourth-order valence-electron chi connectivity index (χ4n) is 3.67. The summed E-state index contributed by atoms with van der Waals surface area (Å²) in [5.74, 6) is 1.37. The Bertz CT molecular complexity index is 593. The van der Waals surface area contributed by atoms with Gasteiger partial charge in [-0.2, -0.15) is 0 Å². The number of hydrogen-bond acceptors (Lipinski definition) is 5. The van der Waals surface area contributed by atoms with Gasteiger partial charge in [-0.05, 0) is 26.2 Å². The van der Waals surface area contributed by atoms with E-state index in [-0.39, 0.29) is 11.7 Å². The molecule has 1 aliphatic carbocycles. The van der Waals surface area contributed by atoms with Gasteiger partial charge in [0.15, 0.2) is 11.5 Å². The van der Waals surface area contributed by atoms with E-state index in [2.05, 4.69) is 0 Å². The van der Waals surface area contributed by atoms with Crippen molar-refractivity contribution >= 4 is 5.78 Å². The smallest absolute Gasteiger partial charge is 0.167 e. The summed E-state index contributed by atoms with van der Waals surface area (Å²) in [7, 11) is 4.72. The normalized spacial score (nSPS) is 23.7. The number of aliphatic hydroxyl groups is 1. The van der Waals surface area contributed by atoms with Crippen molar-refractivity contribution < 1.29 is 24.1 Å². The predicted octanol–water partition coefficient (Wildman–Crippen LogP) is 2.45. The number of rotatable bonds is 4. The summed E-state index contributed by atoms with van der Waals surface area (Å²) in [6.45, 7) is 5.35. The molecule has 0 fully saturated rings. The molecule has 5 heteroatoms. The number of ether oxygens (including phenoxy) is 3. The van der Waals surface area contributed by atoms with Crippen LogP contribution in [0.2, 0.25) is 0 Å². The van der Waals surface area contributed by atoms with Gasteiger partial charge < -0.3 is 19.3 Å². The lowest BCUT2D eigenvalue weighted by Gasteiger charge is -2.36. The highest BCUT2D eigenvalue weighted by Crippen LogP contribution is 2.52. The van der Waals surface area contributed by atoms with Gasteiger partial charge in [0.25, 0.3) is 0 Å². The second-order valence-electron chi connectivity index (χ2n) is 5.88. The Labute approximate surface area is 131 Å². The number of carbonyl (C=O) groups is 1. The second-order valence-corrected chi connectivity index (χ2v) is 5.88. The average Bonchev–Trinajstić information content (AvgIpc) is 2.46. The van der Waals surface area contributed by atoms with E-state index in [1.165, 1.54) is 6.92 Å². The van der Waals surface area contributed by atoms with Crippen molar-refractivity contribution in [2.45, 2.75) is 33.3 Å². The van der Waals surface area contributed by atoms with Gasteiger partial charge in [-0.15, -0.1) is 0 Å². The first kappa shape index (κ1) is 16.6. The largest absolute Gasteiger partial charge is 0.496 e. The van der Waals surface area contributed by atoms with Crippen LogP contribution in [0.15, 0.2) is 0 Å². The van der Waals surface area contributed by atoms with E-state index in [0.717, 1.165) is 11.1 Å². The Morgan fingerprint density at radius 2 is 1.64 bits per heavy atom. The highest BCUT2D eigenvalue weighted by Gasteiger charge is 2.41. The van der Waals surface area contributed by atoms with Gasteiger partial charge in [0, 0.05) is 16.7 Å². The maximum atomic E-state index is 11.9. The van der Waals surface area contributed by atoms with Gasteiger partial charge in [-0.3, -0.25) is 4.79 Å². The molecule has 0 amide bonds. The van der Waals surface area contributed by atoms with Gasteiger partial charge in [0.2, 0.25) is 0 Å². The van der Waals surface area contributed by atoms with Crippen molar-refractivity contribution in [1.82, 2.24) is 0 Å². The predicted molar refractivity (Wildman–Crippen MR) is 82.8 cm³/mol. The van der Waals surface area contributed by atoms with Crippen molar-refractivity contribution in [3.05, 3.63) is 16.7 Å². The first-order valence-electron chi connectivity index (χ1n) is 7.38. The summed E-state index contributed by atoms with van der Waals surface area (Å²) in [6.07, 6.45) is -0.267.